The van der Waals surface area contributed by atoms with Crippen molar-refractivity contribution in [2.75, 3.05) is 21.3 Å². The summed E-state index contributed by atoms with van der Waals surface area (Å²) in [4.78, 5) is 14.7. The minimum absolute atomic E-state index is 0. The van der Waals surface area contributed by atoms with Gasteiger partial charge >= 0.3 is 29.6 Å². The zero-order chi connectivity index (χ0) is 23.1. The van der Waals surface area contributed by atoms with E-state index in [1.54, 1.807) is 39.2 Å². The van der Waals surface area contributed by atoms with Gasteiger partial charge in [0.25, 0.3) is 11.1 Å². The molecule has 2 heterocycles. The van der Waals surface area contributed by atoms with Crippen LogP contribution in [0.15, 0.2) is 36.4 Å². The van der Waals surface area contributed by atoms with E-state index in [-0.39, 0.29) is 29.6 Å². The van der Waals surface area contributed by atoms with Crippen LogP contribution < -0.4 is 39.4 Å². The van der Waals surface area contributed by atoms with Gasteiger partial charge in [-0.1, -0.05) is 12.1 Å². The first-order chi connectivity index (χ1) is 13.7. The number of methoxy groups -OCH3 is 1. The number of ether oxygens (including phenoxy) is 1. The van der Waals surface area contributed by atoms with E-state index < -0.39 is 17.0 Å². The Bertz CT molecular complexity index is 818. The van der Waals surface area contributed by atoms with Crippen LogP contribution >= 0.6 is 0 Å². The van der Waals surface area contributed by atoms with Gasteiger partial charge in [-0.25, -0.2) is 23.1 Å². The second-order valence-electron chi connectivity index (χ2n) is 6.25. The van der Waals surface area contributed by atoms with Crippen LogP contribution in [0.3, 0.4) is 0 Å². The number of hydrogen-bond donors (Lipinski definition) is 1. The Morgan fingerprint density at radius 1 is 0.900 bits per heavy atom. The maximum atomic E-state index is 12.6. The number of aromatic nitrogens is 2. The summed E-state index contributed by atoms with van der Waals surface area (Å²) in [7, 11) is 3.32. The number of pyridine rings is 2. The molecule has 2 aromatic heterocycles. The van der Waals surface area contributed by atoms with Crippen LogP contribution in [0.25, 0.3) is 9.69 Å². The predicted octanol–water partition coefficient (Wildman–Crippen LogP) is 0.209. The molecule has 0 radical (unpaired) electrons. The fraction of sp³-hybridized carbons (Fsp3) is 0.429. The topological polar surface area (TPSA) is 87.0 Å². The van der Waals surface area contributed by atoms with Crippen LogP contribution in [0.5, 0.6) is 5.88 Å². The summed E-state index contributed by atoms with van der Waals surface area (Å²) in [5.41, 5.74) is -0.101. The Labute approximate surface area is 200 Å². The van der Waals surface area contributed by atoms with Gasteiger partial charge < -0.3 is 24.6 Å². The number of halogens is 1. The van der Waals surface area contributed by atoms with Crippen molar-refractivity contribution in [3.8, 4) is 5.88 Å². The van der Waals surface area contributed by atoms with Crippen LogP contribution in [0, 0.1) is 19.1 Å². The van der Waals surface area contributed by atoms with Gasteiger partial charge in [-0.05, 0) is 18.2 Å². The van der Waals surface area contributed by atoms with E-state index in [9.17, 15) is 4.39 Å². The molecule has 1 N–H and O–H groups in total. The summed E-state index contributed by atoms with van der Waals surface area (Å²) in [6, 6.07) is 9.92. The van der Waals surface area contributed by atoms with E-state index in [4.69, 9.17) is 28.1 Å². The molecule has 0 atom stereocenters. The molecule has 2 rings (SSSR count). The van der Waals surface area contributed by atoms with E-state index >= 15 is 0 Å². The van der Waals surface area contributed by atoms with Crippen LogP contribution in [0.2, 0.25) is 0 Å². The first-order valence-corrected chi connectivity index (χ1v) is 8.43. The molecule has 158 valence electrons. The molecule has 0 fully saturated rings. The van der Waals surface area contributed by atoms with Gasteiger partial charge in [-0.3, -0.25) is 0 Å². The molecular weight excluding hydrogens is 398 g/mol. The van der Waals surface area contributed by atoms with Gasteiger partial charge in [-0.2, -0.15) is 11.5 Å². The smallest absolute Gasteiger partial charge is 0.857 e. The third kappa shape index (κ3) is 11.2. The summed E-state index contributed by atoms with van der Waals surface area (Å²) < 4.78 is 17.6. The van der Waals surface area contributed by atoms with Crippen molar-refractivity contribution in [2.24, 2.45) is 0 Å². The van der Waals surface area contributed by atoms with E-state index in [0.717, 1.165) is 19.9 Å². The van der Waals surface area contributed by atoms with E-state index in [0.29, 0.717) is 11.6 Å². The first kappa shape index (κ1) is 32.6. The fourth-order valence-corrected chi connectivity index (χ4v) is 1.73. The van der Waals surface area contributed by atoms with E-state index in [1.807, 2.05) is 26.0 Å². The number of nitrogens with zero attached hydrogens (tertiary/aromatic N) is 4. The van der Waals surface area contributed by atoms with Crippen molar-refractivity contribution in [1.82, 2.24) is 9.97 Å². The van der Waals surface area contributed by atoms with Crippen molar-refractivity contribution in [3.63, 3.8) is 0 Å². The molecule has 7 nitrogen and oxygen atoms in total. The van der Waals surface area contributed by atoms with E-state index in [1.165, 1.54) is 6.07 Å². The largest absolute Gasteiger partial charge is 1.00 e. The molecule has 0 aliphatic carbocycles. The molecule has 30 heavy (non-hydrogen) atoms. The minimum Gasteiger partial charge on any atom is -0.857 e. The molecule has 0 saturated heterocycles. The van der Waals surface area contributed by atoms with Crippen LogP contribution in [-0.4, -0.2) is 36.4 Å². The predicted molar refractivity (Wildman–Crippen MR) is 108 cm³/mol. The standard InChI is InChI=1S/C10H12N2O.C9H9FN2.CH4O.CH3O.Na/c1-10(2,11-3)8-6-5-7-9(12-8)13-4;1-9(2,11-3)7-5-4-6-8(10)12-7;2*1-2;/h5-7H,1-2,4H3;4-6H,1-2H3;2H,1H3;1H3;/q;;;-1;+1. The van der Waals surface area contributed by atoms with Gasteiger partial charge in [-0.15, -0.1) is 0 Å². The molecule has 0 aliphatic heterocycles. The molecule has 9 heteroatoms. The Balaban J connectivity index is -0.000000406. The average molecular weight is 426 g/mol. The Kier molecular flexibility index (Phi) is 18.1. The van der Waals surface area contributed by atoms with Crippen LogP contribution in [0.4, 0.5) is 4.39 Å². The number of aliphatic hydroxyl groups is 1. The van der Waals surface area contributed by atoms with Crippen molar-refractivity contribution in [3.05, 3.63) is 76.6 Å². The van der Waals surface area contributed by atoms with E-state index in [2.05, 4.69) is 19.7 Å². The summed E-state index contributed by atoms with van der Waals surface area (Å²) >= 11 is 0. The number of hydrogen-bond acceptors (Lipinski definition) is 5. The Morgan fingerprint density at radius 3 is 1.67 bits per heavy atom. The molecule has 0 bridgehead atoms. The molecule has 2 aromatic rings. The van der Waals surface area contributed by atoms with Crippen LogP contribution in [0.1, 0.15) is 39.1 Å². The summed E-state index contributed by atoms with van der Waals surface area (Å²) in [5.74, 6) is 0.0125. The third-order valence-electron chi connectivity index (χ3n) is 3.46. The molecule has 0 aromatic carbocycles. The number of aliphatic hydroxyl groups excluding tert-OH is 1. The maximum Gasteiger partial charge on any atom is 1.00 e. The monoisotopic (exact) mass is 426 g/mol. The van der Waals surface area contributed by atoms with Crippen LogP contribution in [-0.2, 0) is 11.1 Å². The normalized spacial score (nSPS) is 9.33. The first-order valence-electron chi connectivity index (χ1n) is 8.43. The summed E-state index contributed by atoms with van der Waals surface area (Å²) in [6.07, 6.45) is 0. The molecule has 0 amide bonds. The Morgan fingerprint density at radius 2 is 1.30 bits per heavy atom. The molecule has 0 unspecified atom stereocenters. The number of rotatable bonds is 3. The summed E-state index contributed by atoms with van der Waals surface area (Å²) in [6.45, 7) is 21.0. The summed E-state index contributed by atoms with van der Waals surface area (Å²) in [5, 5.41) is 15.2. The molecular formula is C21H28FN4NaO3. The van der Waals surface area contributed by atoms with Gasteiger partial charge in [0.05, 0.1) is 7.11 Å². The van der Waals surface area contributed by atoms with Crippen molar-refractivity contribution < 1.29 is 48.9 Å². The van der Waals surface area contributed by atoms with Gasteiger partial charge in [0, 0.05) is 40.9 Å². The quantitative estimate of drug-likeness (QED) is 0.431. The van der Waals surface area contributed by atoms with Crippen molar-refractivity contribution in [2.45, 2.75) is 38.8 Å². The molecule has 0 saturated carbocycles. The second kappa shape index (κ2) is 16.7. The van der Waals surface area contributed by atoms with Gasteiger partial charge in [0.1, 0.15) is 11.4 Å². The molecule has 0 spiro atoms. The van der Waals surface area contributed by atoms with Gasteiger partial charge in [0.2, 0.25) is 11.8 Å². The van der Waals surface area contributed by atoms with Crippen molar-refractivity contribution >= 4 is 0 Å². The molecule has 0 aliphatic rings. The maximum absolute atomic E-state index is 12.6. The van der Waals surface area contributed by atoms with Gasteiger partial charge in [0.15, 0.2) is 0 Å². The average Bonchev–Trinajstić information content (AvgIpc) is 2.77. The van der Waals surface area contributed by atoms with Crippen molar-refractivity contribution in [1.29, 1.82) is 0 Å². The zero-order valence-corrected chi connectivity index (χ0v) is 20.9. The fourth-order valence-electron chi connectivity index (χ4n) is 1.73. The Hall–Kier alpha value is -2.07. The zero-order valence-electron chi connectivity index (χ0n) is 18.9. The second-order valence-corrected chi connectivity index (χ2v) is 6.25. The third-order valence-corrected chi connectivity index (χ3v) is 3.46. The SMILES string of the molecule is CO.C[O-].[C-]#[N+]C(C)(C)c1cccc(F)n1.[C-]#[N+]C(C)(C)c1cccc(OC)n1.[Na+]. The minimum atomic E-state index is -0.734.